The van der Waals surface area contributed by atoms with Gasteiger partial charge in [0, 0.05) is 25.1 Å². The lowest BCUT2D eigenvalue weighted by atomic mass is 10.3. The smallest absolute Gasteiger partial charge is 0.271 e. The number of carbonyl (C=O) groups excluding carboxylic acids is 1. The minimum atomic E-state index is -0.441. The van der Waals surface area contributed by atoms with E-state index < -0.39 is 4.92 Å². The monoisotopic (exact) mass is 291 g/mol. The number of hydrogen-bond donors (Lipinski definition) is 0. The molecule has 0 atom stereocenters. The molecule has 6 nitrogen and oxygen atoms in total. The predicted molar refractivity (Wildman–Crippen MR) is 77.5 cm³/mol. The zero-order valence-corrected chi connectivity index (χ0v) is 11.7. The summed E-state index contributed by atoms with van der Waals surface area (Å²) in [5.74, 6) is -0.219. The van der Waals surface area contributed by atoms with Gasteiger partial charge in [-0.2, -0.15) is 4.99 Å². The molecule has 0 aliphatic carbocycles. The third-order valence-corrected chi connectivity index (χ3v) is 3.77. The van der Waals surface area contributed by atoms with Crippen molar-refractivity contribution in [2.45, 2.75) is 19.9 Å². The van der Waals surface area contributed by atoms with Crippen LogP contribution < -0.4 is 4.80 Å². The third kappa shape index (κ3) is 2.67. The topological polar surface area (TPSA) is 77.5 Å². The molecule has 0 fully saturated rings. The van der Waals surface area contributed by atoms with E-state index in [9.17, 15) is 14.9 Å². The Labute approximate surface area is 118 Å². The SMILES string of the molecule is C=CCn1c(=NC(=O)CC)sc2ccc([N+](=O)[O-])cc21. The highest BCUT2D eigenvalue weighted by molar-refractivity contribution is 7.16. The van der Waals surface area contributed by atoms with Crippen molar-refractivity contribution in [2.75, 3.05) is 0 Å². The molecule has 7 heteroatoms. The van der Waals surface area contributed by atoms with Gasteiger partial charge in [0.1, 0.15) is 0 Å². The molecule has 0 radical (unpaired) electrons. The number of non-ortho nitro benzene ring substituents is 1. The molecule has 1 amide bonds. The summed E-state index contributed by atoms with van der Waals surface area (Å²) in [6.07, 6.45) is 1.99. The quantitative estimate of drug-likeness (QED) is 0.493. The summed E-state index contributed by atoms with van der Waals surface area (Å²) < 4.78 is 2.60. The van der Waals surface area contributed by atoms with Crippen LogP contribution in [0.1, 0.15) is 13.3 Å². The number of hydrogen-bond acceptors (Lipinski definition) is 4. The largest absolute Gasteiger partial charge is 0.312 e. The number of fused-ring (bicyclic) bond motifs is 1. The summed E-state index contributed by atoms with van der Waals surface area (Å²) in [5.41, 5.74) is 0.702. The number of carbonyl (C=O) groups is 1. The lowest BCUT2D eigenvalue weighted by Gasteiger charge is -2.00. The molecule has 1 aromatic heterocycles. The number of allylic oxidation sites excluding steroid dienone is 1. The Morgan fingerprint density at radius 1 is 1.60 bits per heavy atom. The highest BCUT2D eigenvalue weighted by Gasteiger charge is 2.12. The molecule has 0 bridgehead atoms. The number of amides is 1. The van der Waals surface area contributed by atoms with Gasteiger partial charge >= 0.3 is 0 Å². The lowest BCUT2D eigenvalue weighted by molar-refractivity contribution is -0.384. The van der Waals surface area contributed by atoms with Crippen LogP contribution in [-0.4, -0.2) is 15.4 Å². The Kier molecular flexibility index (Phi) is 4.09. The normalized spacial score (nSPS) is 11.8. The molecule has 20 heavy (non-hydrogen) atoms. The molecule has 0 saturated carbocycles. The summed E-state index contributed by atoms with van der Waals surface area (Å²) in [7, 11) is 0. The highest BCUT2D eigenvalue weighted by atomic mass is 32.1. The Morgan fingerprint density at radius 3 is 2.95 bits per heavy atom. The van der Waals surface area contributed by atoms with Crippen LogP contribution in [0.2, 0.25) is 0 Å². The summed E-state index contributed by atoms with van der Waals surface area (Å²) >= 11 is 1.33. The van der Waals surface area contributed by atoms with E-state index in [2.05, 4.69) is 11.6 Å². The number of rotatable bonds is 4. The van der Waals surface area contributed by atoms with Crippen LogP contribution in [0.5, 0.6) is 0 Å². The molecular weight excluding hydrogens is 278 g/mol. The predicted octanol–water partition coefficient (Wildman–Crippen LogP) is 2.63. The first-order chi connectivity index (χ1) is 9.56. The van der Waals surface area contributed by atoms with E-state index in [0.717, 1.165) is 4.70 Å². The van der Waals surface area contributed by atoms with Crippen LogP contribution in [0.15, 0.2) is 35.8 Å². The van der Waals surface area contributed by atoms with Crippen molar-refractivity contribution in [2.24, 2.45) is 4.99 Å². The van der Waals surface area contributed by atoms with Gasteiger partial charge in [-0.1, -0.05) is 24.3 Å². The van der Waals surface area contributed by atoms with E-state index in [-0.39, 0.29) is 11.6 Å². The second-order valence-electron chi connectivity index (χ2n) is 4.05. The number of nitro benzene ring substituents is 1. The van der Waals surface area contributed by atoms with Crippen LogP contribution in [0, 0.1) is 10.1 Å². The summed E-state index contributed by atoms with van der Waals surface area (Å²) in [6.45, 7) is 5.84. The second kappa shape index (κ2) is 5.79. The van der Waals surface area contributed by atoms with Crippen molar-refractivity contribution in [3.05, 3.63) is 45.8 Å². The fourth-order valence-electron chi connectivity index (χ4n) is 1.75. The molecule has 0 aliphatic heterocycles. The Bertz CT molecular complexity index is 758. The van der Waals surface area contributed by atoms with Crippen LogP contribution in [0.4, 0.5) is 5.69 Å². The standard InChI is InChI=1S/C13H13N3O3S/c1-3-7-15-10-8-9(16(18)19)5-6-11(10)20-13(15)14-12(17)4-2/h3,5-6,8H,1,4,7H2,2H3. The van der Waals surface area contributed by atoms with Gasteiger partial charge < -0.3 is 4.57 Å². The second-order valence-corrected chi connectivity index (χ2v) is 5.06. The minimum absolute atomic E-state index is 0.0153. The Hall–Kier alpha value is -2.28. The third-order valence-electron chi connectivity index (χ3n) is 2.71. The van der Waals surface area contributed by atoms with Gasteiger partial charge in [0.05, 0.1) is 15.1 Å². The van der Waals surface area contributed by atoms with Crippen molar-refractivity contribution in [3.63, 3.8) is 0 Å². The molecule has 0 spiro atoms. The number of benzene rings is 1. The molecule has 0 N–H and O–H groups in total. The van der Waals surface area contributed by atoms with Crippen LogP contribution >= 0.6 is 11.3 Å². The van der Waals surface area contributed by atoms with E-state index in [4.69, 9.17) is 0 Å². The number of aromatic nitrogens is 1. The molecule has 1 aromatic carbocycles. The van der Waals surface area contributed by atoms with Gasteiger partial charge in [-0.3, -0.25) is 14.9 Å². The molecule has 2 aromatic rings. The van der Waals surface area contributed by atoms with Gasteiger partial charge in [0.2, 0.25) is 5.91 Å². The first kappa shape index (κ1) is 14.1. The van der Waals surface area contributed by atoms with E-state index >= 15 is 0 Å². The van der Waals surface area contributed by atoms with Gasteiger partial charge in [-0.25, -0.2) is 0 Å². The van der Waals surface area contributed by atoms with Crippen molar-refractivity contribution in [1.82, 2.24) is 4.57 Å². The molecule has 104 valence electrons. The Balaban J connectivity index is 2.73. The van der Waals surface area contributed by atoms with E-state index in [1.165, 1.54) is 23.5 Å². The lowest BCUT2D eigenvalue weighted by Crippen LogP contribution is -2.15. The number of thiazole rings is 1. The van der Waals surface area contributed by atoms with E-state index in [1.807, 2.05) is 0 Å². The number of nitrogens with zero attached hydrogens (tertiary/aromatic N) is 3. The average Bonchev–Trinajstić information content (AvgIpc) is 2.76. The average molecular weight is 291 g/mol. The fourth-order valence-corrected chi connectivity index (χ4v) is 2.78. The maximum absolute atomic E-state index is 11.5. The fraction of sp³-hybridized carbons (Fsp3) is 0.231. The summed E-state index contributed by atoms with van der Waals surface area (Å²) in [4.78, 5) is 26.5. The minimum Gasteiger partial charge on any atom is -0.312 e. The van der Waals surface area contributed by atoms with E-state index in [1.54, 1.807) is 23.6 Å². The molecule has 2 rings (SSSR count). The highest BCUT2D eigenvalue weighted by Crippen LogP contribution is 2.23. The molecule has 0 saturated heterocycles. The van der Waals surface area contributed by atoms with Crippen molar-refractivity contribution in [3.8, 4) is 0 Å². The van der Waals surface area contributed by atoms with Crippen molar-refractivity contribution in [1.29, 1.82) is 0 Å². The summed E-state index contributed by atoms with van der Waals surface area (Å²) in [6, 6.07) is 4.61. The maximum Gasteiger partial charge on any atom is 0.271 e. The first-order valence-electron chi connectivity index (χ1n) is 6.03. The maximum atomic E-state index is 11.5. The molecular formula is C13H13N3O3S. The van der Waals surface area contributed by atoms with Crippen LogP contribution in [0.3, 0.4) is 0 Å². The van der Waals surface area contributed by atoms with Crippen LogP contribution in [0.25, 0.3) is 10.2 Å². The van der Waals surface area contributed by atoms with Crippen LogP contribution in [-0.2, 0) is 11.3 Å². The van der Waals surface area contributed by atoms with Gasteiger partial charge in [-0.15, -0.1) is 6.58 Å². The zero-order valence-electron chi connectivity index (χ0n) is 10.9. The molecule has 0 aliphatic rings. The van der Waals surface area contributed by atoms with Gasteiger partial charge in [0.25, 0.3) is 5.69 Å². The van der Waals surface area contributed by atoms with Gasteiger partial charge in [-0.05, 0) is 6.07 Å². The van der Waals surface area contributed by atoms with Gasteiger partial charge in [0.15, 0.2) is 4.80 Å². The first-order valence-corrected chi connectivity index (χ1v) is 6.84. The molecule has 0 unspecified atom stereocenters. The van der Waals surface area contributed by atoms with E-state index in [0.29, 0.717) is 23.3 Å². The van der Waals surface area contributed by atoms with Crippen molar-refractivity contribution < 1.29 is 9.72 Å². The zero-order chi connectivity index (χ0) is 14.7. The molecule has 1 heterocycles. The Morgan fingerprint density at radius 2 is 2.35 bits per heavy atom. The summed E-state index contributed by atoms with van der Waals surface area (Å²) in [5, 5.41) is 10.8. The van der Waals surface area contributed by atoms with Crippen molar-refractivity contribution >= 4 is 33.1 Å². The number of nitro groups is 1.